The molecule has 290 valence electrons. The molecule has 0 aliphatic rings. The normalized spacial score (nSPS) is 11.7. The molecule has 10 aromatic rings. The third-order valence-electron chi connectivity index (χ3n) is 12.2. The quantitative estimate of drug-likeness (QED) is 0.175. The fraction of sp³-hybridized carbons (Fsp3) is 0.145. The van der Waals surface area contributed by atoms with Crippen LogP contribution >= 0.6 is 0 Å². The van der Waals surface area contributed by atoms with E-state index in [4.69, 9.17) is 9.97 Å². The Labute approximate surface area is 350 Å². The first-order valence-corrected chi connectivity index (χ1v) is 20.6. The molecule has 60 heavy (non-hydrogen) atoms. The van der Waals surface area contributed by atoms with Crippen molar-refractivity contribution in [2.75, 3.05) is 0 Å². The van der Waals surface area contributed by atoms with E-state index in [-0.39, 0.29) is 0 Å². The number of hydrogen-bond acceptors (Lipinski definition) is 3. The lowest BCUT2D eigenvalue weighted by atomic mass is 9.93. The van der Waals surface area contributed by atoms with Gasteiger partial charge in [-0.25, -0.2) is 9.97 Å². The largest absolute Gasteiger partial charge is 0.308 e. The zero-order chi connectivity index (χ0) is 41.6. The van der Waals surface area contributed by atoms with Gasteiger partial charge in [0.1, 0.15) is 5.82 Å². The molecule has 0 radical (unpaired) electrons. The molecule has 7 aromatic carbocycles. The van der Waals surface area contributed by atoms with Gasteiger partial charge in [0.15, 0.2) is 0 Å². The summed E-state index contributed by atoms with van der Waals surface area (Å²) in [6.07, 6.45) is 0. The highest BCUT2D eigenvalue weighted by Crippen LogP contribution is 2.44. The third-order valence-corrected chi connectivity index (χ3v) is 12.2. The number of aryl methyl sites for hydroxylation is 8. The van der Waals surface area contributed by atoms with Crippen LogP contribution < -0.4 is 0 Å². The van der Waals surface area contributed by atoms with Crippen molar-refractivity contribution < 1.29 is 0 Å². The van der Waals surface area contributed by atoms with Crippen LogP contribution in [0.2, 0.25) is 0 Å². The second-order valence-electron chi connectivity index (χ2n) is 16.7. The molecule has 0 spiro atoms. The zero-order valence-electron chi connectivity index (χ0n) is 35.4. The van der Waals surface area contributed by atoms with Crippen LogP contribution in [0, 0.1) is 66.7 Å². The summed E-state index contributed by atoms with van der Waals surface area (Å²) >= 11 is 0. The van der Waals surface area contributed by atoms with Crippen molar-refractivity contribution in [3.05, 3.63) is 178 Å². The lowest BCUT2D eigenvalue weighted by Crippen LogP contribution is -2.07. The lowest BCUT2D eigenvalue weighted by molar-refractivity contribution is 1.01. The van der Waals surface area contributed by atoms with Crippen molar-refractivity contribution in [2.45, 2.75) is 55.4 Å². The Morgan fingerprint density at radius 3 is 1.30 bits per heavy atom. The van der Waals surface area contributed by atoms with Gasteiger partial charge in [-0.1, -0.05) is 96.1 Å². The van der Waals surface area contributed by atoms with Gasteiger partial charge in [-0.05, 0) is 142 Å². The van der Waals surface area contributed by atoms with Crippen LogP contribution in [0.4, 0.5) is 0 Å². The Kier molecular flexibility index (Phi) is 8.59. The van der Waals surface area contributed by atoms with Crippen molar-refractivity contribution >= 4 is 43.6 Å². The molecule has 3 aromatic heterocycles. The number of fused-ring (bicyclic) bond motifs is 6. The van der Waals surface area contributed by atoms with Crippen LogP contribution in [0.3, 0.4) is 0 Å². The molecule has 0 amide bonds. The first kappa shape index (κ1) is 37.0. The standard InChI is InChI=1S/C55H45N5/c1-31-21-33(3)53(34(4)22-31)40-17-19-44-42-13-9-11-15-47(42)59(49(44)28-40)51-26-39(30-56)27-52(55(51)46-25-37(7)57-38(8)58-46)60-48-16-12-10-14-43(48)45-20-18-41(29-50(45)60)54-35(5)23-32(2)24-36(54)6/h9-29H,1-8H3. The van der Waals surface area contributed by atoms with E-state index in [0.29, 0.717) is 11.4 Å². The van der Waals surface area contributed by atoms with Crippen molar-refractivity contribution in [2.24, 2.45) is 0 Å². The molecule has 0 saturated heterocycles. The number of hydrogen-bond donors (Lipinski definition) is 0. The number of para-hydroxylation sites is 2. The van der Waals surface area contributed by atoms with E-state index in [1.165, 1.54) is 44.5 Å². The van der Waals surface area contributed by atoms with Gasteiger partial charge in [-0.15, -0.1) is 0 Å². The number of rotatable bonds is 5. The van der Waals surface area contributed by atoms with Crippen LogP contribution in [0.25, 0.3) is 88.5 Å². The topological polar surface area (TPSA) is 59.4 Å². The first-order chi connectivity index (χ1) is 29.0. The molecule has 5 nitrogen and oxygen atoms in total. The summed E-state index contributed by atoms with van der Waals surface area (Å²) in [6.45, 7) is 17.1. The van der Waals surface area contributed by atoms with Gasteiger partial charge in [0.25, 0.3) is 0 Å². The number of nitriles is 1. The van der Waals surface area contributed by atoms with Crippen LogP contribution in [0.15, 0.2) is 127 Å². The fourth-order valence-corrected chi connectivity index (χ4v) is 10.2. The Balaban J connectivity index is 1.37. The highest BCUT2D eigenvalue weighted by atomic mass is 15.0. The van der Waals surface area contributed by atoms with Crippen molar-refractivity contribution in [3.8, 4) is 51.0 Å². The summed E-state index contributed by atoms with van der Waals surface area (Å²) in [5.41, 5.74) is 21.5. The Hall–Kier alpha value is -7.29. The van der Waals surface area contributed by atoms with Gasteiger partial charge in [-0.3, -0.25) is 0 Å². The molecule has 0 fully saturated rings. The zero-order valence-corrected chi connectivity index (χ0v) is 35.4. The minimum Gasteiger partial charge on any atom is -0.308 e. The van der Waals surface area contributed by atoms with E-state index in [2.05, 4.69) is 172 Å². The van der Waals surface area contributed by atoms with Gasteiger partial charge in [0, 0.05) is 32.8 Å². The van der Waals surface area contributed by atoms with E-state index >= 15 is 0 Å². The average molecular weight is 776 g/mol. The molecular formula is C55H45N5. The van der Waals surface area contributed by atoms with Crippen molar-refractivity contribution in [1.29, 1.82) is 5.26 Å². The fourth-order valence-electron chi connectivity index (χ4n) is 10.2. The highest BCUT2D eigenvalue weighted by molar-refractivity contribution is 6.13. The Morgan fingerprint density at radius 2 is 0.867 bits per heavy atom. The molecule has 10 rings (SSSR count). The van der Waals surface area contributed by atoms with Crippen molar-refractivity contribution in [1.82, 2.24) is 19.1 Å². The Morgan fingerprint density at radius 1 is 0.433 bits per heavy atom. The van der Waals surface area contributed by atoms with Crippen LogP contribution in [-0.4, -0.2) is 19.1 Å². The monoisotopic (exact) mass is 775 g/mol. The van der Waals surface area contributed by atoms with E-state index in [0.717, 1.165) is 83.1 Å². The maximum Gasteiger partial charge on any atom is 0.126 e. The van der Waals surface area contributed by atoms with E-state index in [1.54, 1.807) is 0 Å². The molecule has 0 atom stereocenters. The number of aromatic nitrogens is 4. The maximum atomic E-state index is 10.9. The molecule has 0 bridgehead atoms. The number of nitrogens with zero attached hydrogens (tertiary/aromatic N) is 5. The minimum absolute atomic E-state index is 0.561. The van der Waals surface area contributed by atoms with Gasteiger partial charge in [0.2, 0.25) is 0 Å². The molecule has 0 saturated carbocycles. The third kappa shape index (κ3) is 5.82. The summed E-state index contributed by atoms with van der Waals surface area (Å²) < 4.78 is 4.72. The molecule has 0 aliphatic heterocycles. The first-order valence-electron chi connectivity index (χ1n) is 20.6. The molecule has 0 N–H and O–H groups in total. The van der Waals surface area contributed by atoms with E-state index in [9.17, 15) is 5.26 Å². The summed E-state index contributed by atoms with van der Waals surface area (Å²) in [6, 6.07) is 48.7. The van der Waals surface area contributed by atoms with E-state index < -0.39 is 0 Å². The summed E-state index contributed by atoms with van der Waals surface area (Å²) in [4.78, 5) is 9.93. The predicted octanol–water partition coefficient (Wildman–Crippen LogP) is 14.0. The summed E-state index contributed by atoms with van der Waals surface area (Å²) in [5.74, 6) is 0.691. The lowest BCUT2D eigenvalue weighted by Gasteiger charge is -2.21. The second kappa shape index (κ2) is 13.9. The van der Waals surface area contributed by atoms with Gasteiger partial charge in [0.05, 0.1) is 50.8 Å². The maximum absolute atomic E-state index is 10.9. The molecular weight excluding hydrogens is 731 g/mol. The molecule has 5 heteroatoms. The van der Waals surface area contributed by atoms with Crippen LogP contribution in [0.1, 0.15) is 50.5 Å². The second-order valence-corrected chi connectivity index (χ2v) is 16.7. The summed E-state index contributed by atoms with van der Waals surface area (Å²) in [7, 11) is 0. The van der Waals surface area contributed by atoms with Gasteiger partial charge < -0.3 is 9.13 Å². The predicted molar refractivity (Wildman–Crippen MR) is 250 cm³/mol. The smallest absolute Gasteiger partial charge is 0.126 e. The average Bonchev–Trinajstić information content (AvgIpc) is 3.71. The van der Waals surface area contributed by atoms with Crippen LogP contribution in [-0.2, 0) is 0 Å². The van der Waals surface area contributed by atoms with Gasteiger partial charge >= 0.3 is 0 Å². The molecule has 0 unspecified atom stereocenters. The molecule has 0 aliphatic carbocycles. The van der Waals surface area contributed by atoms with E-state index in [1.807, 2.05) is 26.0 Å². The van der Waals surface area contributed by atoms with Crippen molar-refractivity contribution in [3.63, 3.8) is 0 Å². The van der Waals surface area contributed by atoms with Gasteiger partial charge in [-0.2, -0.15) is 5.26 Å². The Bertz CT molecular complexity index is 3220. The minimum atomic E-state index is 0.561. The SMILES string of the molecule is Cc1cc(C)c(-c2ccc3c4ccccc4n(-c4cc(C#N)cc(-n5c6ccccc6c6ccc(-c7c(C)cc(C)cc7C)cc65)c4-c4cc(C)nc(C)n4)c3c2)c(C)c1. The molecule has 3 heterocycles. The van der Waals surface area contributed by atoms with Crippen LogP contribution in [0.5, 0.6) is 0 Å². The highest BCUT2D eigenvalue weighted by Gasteiger charge is 2.25. The number of benzene rings is 7. The summed E-state index contributed by atoms with van der Waals surface area (Å²) in [5, 5.41) is 15.5.